The van der Waals surface area contributed by atoms with Gasteiger partial charge in [0.2, 0.25) is 0 Å². The average Bonchev–Trinajstić information content (AvgIpc) is 2.09. The van der Waals surface area contributed by atoms with Gasteiger partial charge >= 0.3 is 6.18 Å². The Morgan fingerprint density at radius 1 is 1.13 bits per heavy atom. The van der Waals surface area contributed by atoms with Gasteiger partial charge in [0.15, 0.2) is 6.17 Å². The molecule has 0 saturated heterocycles. The quantitative estimate of drug-likeness (QED) is 0.495. The summed E-state index contributed by atoms with van der Waals surface area (Å²) in [5.41, 5.74) is 0. The van der Waals surface area contributed by atoms with Crippen LogP contribution in [0.3, 0.4) is 0 Å². The van der Waals surface area contributed by atoms with Crippen LogP contribution in [0.5, 0.6) is 0 Å². The minimum atomic E-state index is -4.29. The highest BCUT2D eigenvalue weighted by atomic mass is 19.4. The van der Waals surface area contributed by atoms with Crippen LogP contribution in [0.25, 0.3) is 0 Å². The molecule has 0 amide bonds. The van der Waals surface area contributed by atoms with Crippen molar-refractivity contribution >= 4 is 0 Å². The van der Waals surface area contributed by atoms with Crippen molar-refractivity contribution in [3.05, 3.63) is 12.2 Å². The SMILES string of the molecule is CC(CC/C=C/C(F)C(F)F)C(F)(F)F. The number of hydrogen-bond acceptors (Lipinski definition) is 0. The second-order valence-corrected chi connectivity index (χ2v) is 3.23. The Kier molecular flexibility index (Phi) is 5.75. The molecule has 0 aromatic carbocycles. The smallest absolute Gasteiger partial charge is 0.237 e. The molecular formula is C9H12F6. The number of rotatable bonds is 5. The highest BCUT2D eigenvalue weighted by molar-refractivity contribution is 4.90. The molecule has 6 heteroatoms. The van der Waals surface area contributed by atoms with E-state index in [9.17, 15) is 26.3 Å². The van der Waals surface area contributed by atoms with Crippen LogP contribution in [0.1, 0.15) is 19.8 Å². The van der Waals surface area contributed by atoms with Gasteiger partial charge in [-0.25, -0.2) is 13.2 Å². The number of halogens is 6. The summed E-state index contributed by atoms with van der Waals surface area (Å²) in [5.74, 6) is -1.51. The fourth-order valence-corrected chi connectivity index (χ4v) is 0.820. The van der Waals surface area contributed by atoms with Gasteiger partial charge in [0, 0.05) is 0 Å². The third-order valence-electron chi connectivity index (χ3n) is 1.89. The summed E-state index contributed by atoms with van der Waals surface area (Å²) in [6, 6.07) is 0. The average molecular weight is 234 g/mol. The van der Waals surface area contributed by atoms with Crippen LogP contribution >= 0.6 is 0 Å². The minimum Gasteiger partial charge on any atom is -0.237 e. The molecule has 0 rings (SSSR count). The summed E-state index contributed by atoms with van der Waals surface area (Å²) in [5, 5.41) is 0. The number of alkyl halides is 6. The van der Waals surface area contributed by atoms with Crippen molar-refractivity contribution in [2.24, 2.45) is 5.92 Å². The van der Waals surface area contributed by atoms with Crippen LogP contribution in [0.4, 0.5) is 26.3 Å². The molecule has 0 spiro atoms. The molecular weight excluding hydrogens is 222 g/mol. The summed E-state index contributed by atoms with van der Waals surface area (Å²) in [7, 11) is 0. The largest absolute Gasteiger partial charge is 0.391 e. The van der Waals surface area contributed by atoms with Gasteiger partial charge in [-0.2, -0.15) is 13.2 Å². The Labute approximate surface area is 84.0 Å². The van der Waals surface area contributed by atoms with Gasteiger partial charge in [-0.05, 0) is 18.9 Å². The minimum absolute atomic E-state index is 0.0617. The lowest BCUT2D eigenvalue weighted by Crippen LogP contribution is -2.19. The molecule has 0 aromatic heterocycles. The molecule has 0 N–H and O–H groups in total. The molecule has 0 radical (unpaired) electrons. The van der Waals surface area contributed by atoms with E-state index in [0.717, 1.165) is 13.0 Å². The maximum absolute atomic E-state index is 12.2. The van der Waals surface area contributed by atoms with E-state index in [4.69, 9.17) is 0 Å². The Balaban J connectivity index is 3.80. The Morgan fingerprint density at radius 3 is 2.07 bits per heavy atom. The van der Waals surface area contributed by atoms with E-state index >= 15 is 0 Å². The fraction of sp³-hybridized carbons (Fsp3) is 0.778. The zero-order valence-electron chi connectivity index (χ0n) is 8.07. The van der Waals surface area contributed by atoms with Crippen molar-refractivity contribution in [2.45, 2.75) is 38.5 Å². The van der Waals surface area contributed by atoms with E-state index in [1.165, 1.54) is 0 Å². The maximum atomic E-state index is 12.2. The molecule has 2 atom stereocenters. The summed E-state index contributed by atoms with van der Waals surface area (Å²) in [4.78, 5) is 0. The predicted octanol–water partition coefficient (Wildman–Crippen LogP) is 4.12. The summed E-state index contributed by atoms with van der Waals surface area (Å²) >= 11 is 0. The molecule has 2 unspecified atom stereocenters. The first-order valence-corrected chi connectivity index (χ1v) is 4.40. The van der Waals surface area contributed by atoms with Crippen molar-refractivity contribution in [1.82, 2.24) is 0 Å². The standard InChI is InChI=1S/C9H12F6/c1-6(9(13,14)15)4-2-3-5-7(10)8(11)12/h3,5-8H,2,4H2,1H3/b5-3+. The molecule has 0 bridgehead atoms. The zero-order valence-corrected chi connectivity index (χ0v) is 8.07. The van der Waals surface area contributed by atoms with Crippen LogP contribution in [0.2, 0.25) is 0 Å². The molecule has 15 heavy (non-hydrogen) atoms. The molecule has 90 valence electrons. The number of allylic oxidation sites excluding steroid dienone is 2. The monoisotopic (exact) mass is 234 g/mol. The molecule has 0 fully saturated rings. The van der Waals surface area contributed by atoms with Crippen molar-refractivity contribution < 1.29 is 26.3 Å². The number of hydrogen-bond donors (Lipinski definition) is 0. The molecule has 0 aromatic rings. The van der Waals surface area contributed by atoms with Gasteiger partial charge in [0.1, 0.15) is 0 Å². The van der Waals surface area contributed by atoms with E-state index in [-0.39, 0.29) is 12.8 Å². The fourth-order valence-electron chi connectivity index (χ4n) is 0.820. The third kappa shape index (κ3) is 6.41. The summed E-state index contributed by atoms with van der Waals surface area (Å²) in [6.45, 7) is 0.994. The third-order valence-corrected chi connectivity index (χ3v) is 1.89. The van der Waals surface area contributed by atoms with Crippen molar-refractivity contribution in [1.29, 1.82) is 0 Å². The van der Waals surface area contributed by atoms with Gasteiger partial charge in [-0.15, -0.1) is 0 Å². The van der Waals surface area contributed by atoms with Gasteiger partial charge in [-0.1, -0.05) is 13.0 Å². The summed E-state index contributed by atoms with van der Waals surface area (Å²) in [6.07, 6.45) is -8.49. The molecule has 0 heterocycles. The lowest BCUT2D eigenvalue weighted by atomic mass is 10.1. The van der Waals surface area contributed by atoms with Crippen molar-refractivity contribution in [3.8, 4) is 0 Å². The van der Waals surface area contributed by atoms with E-state index in [1.54, 1.807) is 0 Å². The van der Waals surface area contributed by atoms with Gasteiger partial charge in [0.25, 0.3) is 6.43 Å². The van der Waals surface area contributed by atoms with Crippen molar-refractivity contribution in [3.63, 3.8) is 0 Å². The first-order valence-electron chi connectivity index (χ1n) is 4.40. The van der Waals surface area contributed by atoms with Crippen molar-refractivity contribution in [2.75, 3.05) is 0 Å². The zero-order chi connectivity index (χ0) is 12.1. The van der Waals surface area contributed by atoms with Gasteiger partial charge in [0.05, 0.1) is 5.92 Å². The Hall–Kier alpha value is -0.680. The predicted molar refractivity (Wildman–Crippen MR) is 44.5 cm³/mol. The Morgan fingerprint density at radius 2 is 1.67 bits per heavy atom. The first-order chi connectivity index (χ1) is 6.75. The first kappa shape index (κ1) is 14.3. The molecule has 0 aliphatic rings. The molecule has 0 nitrogen and oxygen atoms in total. The highest BCUT2D eigenvalue weighted by Gasteiger charge is 2.34. The summed E-state index contributed by atoms with van der Waals surface area (Å²) < 4.78 is 71.3. The van der Waals surface area contributed by atoms with Gasteiger partial charge in [-0.3, -0.25) is 0 Å². The normalized spacial score (nSPS) is 17.3. The second-order valence-electron chi connectivity index (χ2n) is 3.23. The molecule has 0 saturated carbocycles. The topological polar surface area (TPSA) is 0 Å². The van der Waals surface area contributed by atoms with E-state index in [2.05, 4.69) is 0 Å². The van der Waals surface area contributed by atoms with Crippen LogP contribution < -0.4 is 0 Å². The van der Waals surface area contributed by atoms with Crippen LogP contribution in [-0.2, 0) is 0 Å². The van der Waals surface area contributed by atoms with Gasteiger partial charge < -0.3 is 0 Å². The lowest BCUT2D eigenvalue weighted by Gasteiger charge is -2.13. The van der Waals surface area contributed by atoms with Crippen LogP contribution in [0.15, 0.2) is 12.2 Å². The maximum Gasteiger partial charge on any atom is 0.391 e. The second kappa shape index (κ2) is 6.02. The Bertz CT molecular complexity index is 195. The van der Waals surface area contributed by atoms with E-state index in [0.29, 0.717) is 6.08 Å². The van der Waals surface area contributed by atoms with E-state index < -0.39 is 24.7 Å². The molecule has 0 aliphatic heterocycles. The van der Waals surface area contributed by atoms with Crippen LogP contribution in [-0.4, -0.2) is 18.8 Å². The highest BCUT2D eigenvalue weighted by Crippen LogP contribution is 2.29. The molecule has 0 aliphatic carbocycles. The van der Waals surface area contributed by atoms with E-state index in [1.807, 2.05) is 0 Å². The lowest BCUT2D eigenvalue weighted by molar-refractivity contribution is -0.170. The van der Waals surface area contributed by atoms with Crippen LogP contribution in [0, 0.1) is 5.92 Å².